The first-order valence-corrected chi connectivity index (χ1v) is 7.55. The van der Waals surface area contributed by atoms with Crippen LogP contribution >= 0.6 is 0 Å². The molecular weight excluding hydrogens is 322 g/mol. The summed E-state index contributed by atoms with van der Waals surface area (Å²) in [7, 11) is 3.19. The smallest absolute Gasteiger partial charge is 0.299 e. The van der Waals surface area contributed by atoms with E-state index in [1.807, 2.05) is 36.4 Å². The summed E-state index contributed by atoms with van der Waals surface area (Å²) in [4.78, 5) is 8.34. The zero-order valence-corrected chi connectivity index (χ0v) is 13.6. The van der Waals surface area contributed by atoms with Gasteiger partial charge in [0.15, 0.2) is 29.2 Å². The fourth-order valence-electron chi connectivity index (χ4n) is 2.51. The van der Waals surface area contributed by atoms with Gasteiger partial charge >= 0.3 is 0 Å². The first-order valence-electron chi connectivity index (χ1n) is 7.55. The minimum atomic E-state index is 0.378. The first-order chi connectivity index (χ1) is 12.3. The lowest BCUT2D eigenvalue weighted by Gasteiger charge is -2.08. The van der Waals surface area contributed by atoms with Crippen LogP contribution in [0.3, 0.4) is 0 Å². The average Bonchev–Trinajstić information content (AvgIpc) is 3.30. The zero-order valence-electron chi connectivity index (χ0n) is 13.6. The molecule has 2 heterocycles. The van der Waals surface area contributed by atoms with Crippen LogP contribution in [0.1, 0.15) is 0 Å². The summed E-state index contributed by atoms with van der Waals surface area (Å²) >= 11 is 0. The molecule has 0 amide bonds. The van der Waals surface area contributed by atoms with E-state index in [1.54, 1.807) is 20.4 Å². The molecule has 0 unspecified atom stereocenters. The predicted molar refractivity (Wildman–Crippen MR) is 92.3 cm³/mol. The molecule has 0 radical (unpaired) electrons. The van der Waals surface area contributed by atoms with Crippen molar-refractivity contribution in [3.63, 3.8) is 0 Å². The Balaban J connectivity index is 1.59. The number of hydrogen-bond acceptors (Lipinski definition) is 7. The van der Waals surface area contributed by atoms with Crippen LogP contribution < -0.4 is 14.8 Å². The molecule has 0 saturated heterocycles. The van der Waals surface area contributed by atoms with E-state index in [0.717, 1.165) is 16.8 Å². The van der Waals surface area contributed by atoms with Gasteiger partial charge in [-0.15, -0.1) is 0 Å². The van der Waals surface area contributed by atoms with Crippen molar-refractivity contribution in [3.8, 4) is 22.8 Å². The van der Waals surface area contributed by atoms with Crippen LogP contribution in [-0.2, 0) is 0 Å². The SMILES string of the molecule is COc1ccc(-c2cnc(Nc3ccc4ncoc4c3)o2)cc1OC. The number of methoxy groups -OCH3 is 2. The second-order valence-corrected chi connectivity index (χ2v) is 5.26. The molecule has 25 heavy (non-hydrogen) atoms. The molecule has 0 atom stereocenters. The topological polar surface area (TPSA) is 82.5 Å². The molecule has 126 valence electrons. The maximum Gasteiger partial charge on any atom is 0.299 e. The fourth-order valence-corrected chi connectivity index (χ4v) is 2.51. The number of oxazole rings is 2. The maximum absolute atomic E-state index is 5.78. The molecule has 0 aliphatic carbocycles. The van der Waals surface area contributed by atoms with Crippen molar-refractivity contribution < 1.29 is 18.3 Å². The Labute approximate surface area is 143 Å². The quantitative estimate of drug-likeness (QED) is 0.583. The molecule has 7 heteroatoms. The molecule has 0 aliphatic heterocycles. The second-order valence-electron chi connectivity index (χ2n) is 5.26. The minimum absolute atomic E-state index is 0.378. The standard InChI is InChI=1S/C18H15N3O4/c1-22-14-6-3-11(7-16(14)23-2)17-9-19-18(25-17)21-12-4-5-13-15(8-12)24-10-20-13/h3-10H,1-2H3,(H,19,21). The number of benzene rings is 2. The van der Waals surface area contributed by atoms with Gasteiger partial charge in [0.05, 0.1) is 20.4 Å². The van der Waals surface area contributed by atoms with Gasteiger partial charge in [0.1, 0.15) is 5.52 Å². The summed E-state index contributed by atoms with van der Waals surface area (Å²) in [5.74, 6) is 1.90. The van der Waals surface area contributed by atoms with Gasteiger partial charge < -0.3 is 23.6 Å². The summed E-state index contributed by atoms with van der Waals surface area (Å²) in [5.41, 5.74) is 3.12. The van der Waals surface area contributed by atoms with E-state index in [-0.39, 0.29) is 0 Å². The third-order valence-electron chi connectivity index (χ3n) is 3.76. The lowest BCUT2D eigenvalue weighted by atomic mass is 10.1. The van der Waals surface area contributed by atoms with Crippen LogP contribution in [-0.4, -0.2) is 24.2 Å². The maximum atomic E-state index is 5.78. The van der Waals surface area contributed by atoms with E-state index in [0.29, 0.717) is 28.9 Å². The van der Waals surface area contributed by atoms with Gasteiger partial charge in [-0.1, -0.05) is 0 Å². The number of nitrogens with zero attached hydrogens (tertiary/aromatic N) is 2. The monoisotopic (exact) mass is 337 g/mol. The Hall–Kier alpha value is -3.48. The molecule has 0 fully saturated rings. The number of aromatic nitrogens is 2. The van der Waals surface area contributed by atoms with E-state index >= 15 is 0 Å². The van der Waals surface area contributed by atoms with Crippen LogP contribution in [0.25, 0.3) is 22.4 Å². The number of anilines is 2. The molecule has 0 aliphatic rings. The van der Waals surface area contributed by atoms with Crippen molar-refractivity contribution in [3.05, 3.63) is 49.0 Å². The van der Waals surface area contributed by atoms with Crippen LogP contribution in [0.4, 0.5) is 11.7 Å². The molecule has 0 spiro atoms. The highest BCUT2D eigenvalue weighted by Crippen LogP contribution is 2.33. The average molecular weight is 337 g/mol. The van der Waals surface area contributed by atoms with Crippen molar-refractivity contribution >= 4 is 22.8 Å². The molecule has 4 aromatic rings. The number of hydrogen-bond donors (Lipinski definition) is 1. The van der Waals surface area contributed by atoms with Crippen LogP contribution in [0, 0.1) is 0 Å². The largest absolute Gasteiger partial charge is 0.493 e. The summed E-state index contributed by atoms with van der Waals surface area (Å²) in [6, 6.07) is 11.5. The highest BCUT2D eigenvalue weighted by atomic mass is 16.5. The Kier molecular flexibility index (Phi) is 3.74. The third kappa shape index (κ3) is 2.87. The van der Waals surface area contributed by atoms with Crippen molar-refractivity contribution in [2.24, 2.45) is 0 Å². The van der Waals surface area contributed by atoms with Crippen LogP contribution in [0.5, 0.6) is 11.5 Å². The number of rotatable bonds is 5. The molecule has 4 rings (SSSR count). The number of ether oxygens (including phenoxy) is 2. The highest BCUT2D eigenvalue weighted by Gasteiger charge is 2.11. The summed E-state index contributed by atoms with van der Waals surface area (Å²) in [5, 5.41) is 3.11. The van der Waals surface area contributed by atoms with E-state index in [9.17, 15) is 0 Å². The van der Waals surface area contributed by atoms with Gasteiger partial charge in [0, 0.05) is 17.3 Å². The Bertz CT molecular complexity index is 1020. The predicted octanol–water partition coefficient (Wildman–Crippen LogP) is 4.24. The Morgan fingerprint density at radius 3 is 2.68 bits per heavy atom. The molecular formula is C18H15N3O4. The van der Waals surface area contributed by atoms with E-state index in [1.165, 1.54) is 6.39 Å². The highest BCUT2D eigenvalue weighted by molar-refractivity contribution is 5.77. The van der Waals surface area contributed by atoms with E-state index in [4.69, 9.17) is 18.3 Å². The van der Waals surface area contributed by atoms with Gasteiger partial charge in [-0.2, -0.15) is 0 Å². The summed E-state index contributed by atoms with van der Waals surface area (Å²) < 4.78 is 21.6. The molecule has 2 aromatic carbocycles. The van der Waals surface area contributed by atoms with E-state index in [2.05, 4.69) is 15.3 Å². The van der Waals surface area contributed by atoms with Gasteiger partial charge in [0.2, 0.25) is 0 Å². The van der Waals surface area contributed by atoms with Crippen molar-refractivity contribution in [2.45, 2.75) is 0 Å². The summed E-state index contributed by atoms with van der Waals surface area (Å²) in [6.07, 6.45) is 3.06. The normalized spacial score (nSPS) is 10.8. The van der Waals surface area contributed by atoms with Crippen LogP contribution in [0.15, 0.2) is 57.8 Å². The fraction of sp³-hybridized carbons (Fsp3) is 0.111. The van der Waals surface area contributed by atoms with Gasteiger partial charge in [0.25, 0.3) is 6.01 Å². The lowest BCUT2D eigenvalue weighted by molar-refractivity contribution is 0.355. The lowest BCUT2D eigenvalue weighted by Crippen LogP contribution is -1.90. The minimum Gasteiger partial charge on any atom is -0.493 e. The van der Waals surface area contributed by atoms with Crippen molar-refractivity contribution in [1.29, 1.82) is 0 Å². The molecule has 1 N–H and O–H groups in total. The third-order valence-corrected chi connectivity index (χ3v) is 3.76. The molecule has 7 nitrogen and oxygen atoms in total. The summed E-state index contributed by atoms with van der Waals surface area (Å²) in [6.45, 7) is 0. The van der Waals surface area contributed by atoms with Gasteiger partial charge in [-0.25, -0.2) is 9.97 Å². The van der Waals surface area contributed by atoms with Crippen LogP contribution in [0.2, 0.25) is 0 Å². The Morgan fingerprint density at radius 2 is 1.84 bits per heavy atom. The van der Waals surface area contributed by atoms with Crippen molar-refractivity contribution in [1.82, 2.24) is 9.97 Å². The molecule has 0 saturated carbocycles. The van der Waals surface area contributed by atoms with Crippen molar-refractivity contribution in [2.75, 3.05) is 19.5 Å². The zero-order chi connectivity index (χ0) is 17.2. The first kappa shape index (κ1) is 15.1. The second kappa shape index (κ2) is 6.20. The number of nitrogens with one attached hydrogen (secondary N) is 1. The molecule has 0 bridgehead atoms. The van der Waals surface area contributed by atoms with E-state index < -0.39 is 0 Å². The molecule has 2 aromatic heterocycles. The van der Waals surface area contributed by atoms with Gasteiger partial charge in [-0.3, -0.25) is 0 Å². The van der Waals surface area contributed by atoms with Gasteiger partial charge in [-0.05, 0) is 30.3 Å². The number of fused-ring (bicyclic) bond motifs is 1. The Morgan fingerprint density at radius 1 is 0.960 bits per heavy atom.